The largest absolute Gasteiger partial charge is 0.325 e. The number of hydrogen-bond acceptors (Lipinski definition) is 4. The molecule has 0 aliphatic rings. The first-order chi connectivity index (χ1) is 9.89. The number of nitrogens with one attached hydrogen (secondary N) is 1. The molecule has 0 spiro atoms. The standard InChI is InChI=1S/C15H14N2O3S/c1-3-21(19,20)13-6-4-11(5-7-13)14-8-12(9-16)15(18)17-10(14)2/h4-8H,3H2,1-2H3,(H,17,18). The van der Waals surface area contributed by atoms with E-state index in [0.717, 1.165) is 5.56 Å². The summed E-state index contributed by atoms with van der Waals surface area (Å²) >= 11 is 0. The summed E-state index contributed by atoms with van der Waals surface area (Å²) in [6, 6.07) is 9.76. The van der Waals surface area contributed by atoms with Gasteiger partial charge in [-0.15, -0.1) is 0 Å². The summed E-state index contributed by atoms with van der Waals surface area (Å²) in [5, 5.41) is 8.91. The number of nitriles is 1. The first kappa shape index (κ1) is 15.0. The highest BCUT2D eigenvalue weighted by Gasteiger charge is 2.12. The second-order valence-corrected chi connectivity index (χ2v) is 6.87. The molecule has 1 heterocycles. The molecule has 0 radical (unpaired) electrons. The summed E-state index contributed by atoms with van der Waals surface area (Å²) in [4.78, 5) is 14.4. The molecule has 2 aromatic rings. The molecule has 0 bridgehead atoms. The van der Waals surface area contributed by atoms with Gasteiger partial charge < -0.3 is 4.98 Å². The number of pyridine rings is 1. The molecule has 5 nitrogen and oxygen atoms in total. The van der Waals surface area contributed by atoms with Gasteiger partial charge in [0.2, 0.25) is 0 Å². The van der Waals surface area contributed by atoms with Crippen molar-refractivity contribution in [2.45, 2.75) is 18.7 Å². The molecule has 0 unspecified atom stereocenters. The number of hydrogen-bond donors (Lipinski definition) is 1. The van der Waals surface area contributed by atoms with E-state index in [9.17, 15) is 13.2 Å². The van der Waals surface area contributed by atoms with E-state index in [0.29, 0.717) is 11.3 Å². The van der Waals surface area contributed by atoms with Crippen LogP contribution in [0.15, 0.2) is 40.0 Å². The number of H-pyrrole nitrogens is 1. The molecule has 0 aliphatic carbocycles. The van der Waals surface area contributed by atoms with Crippen molar-refractivity contribution >= 4 is 9.84 Å². The molecule has 6 heteroatoms. The number of rotatable bonds is 3. The minimum atomic E-state index is -3.24. The number of nitrogens with zero attached hydrogens (tertiary/aromatic N) is 1. The van der Waals surface area contributed by atoms with Crippen LogP contribution >= 0.6 is 0 Å². The number of aromatic nitrogens is 1. The topological polar surface area (TPSA) is 90.8 Å². The maximum atomic E-state index is 11.8. The number of benzene rings is 1. The Bertz CT molecular complexity index is 873. The van der Waals surface area contributed by atoms with Crippen LogP contribution < -0.4 is 5.56 Å². The van der Waals surface area contributed by atoms with Crippen LogP contribution in [0.3, 0.4) is 0 Å². The average molecular weight is 302 g/mol. The lowest BCUT2D eigenvalue weighted by atomic mass is 10.0. The summed E-state index contributed by atoms with van der Waals surface area (Å²) in [5.41, 5.74) is 1.68. The molecule has 0 fully saturated rings. The van der Waals surface area contributed by atoms with Crippen molar-refractivity contribution in [2.24, 2.45) is 0 Å². The quantitative estimate of drug-likeness (QED) is 0.939. The van der Waals surface area contributed by atoms with Crippen LogP contribution in [0, 0.1) is 18.3 Å². The third-order valence-electron chi connectivity index (χ3n) is 3.26. The molecule has 0 aliphatic heterocycles. The Kier molecular flexibility index (Phi) is 3.96. The molecule has 0 atom stereocenters. The van der Waals surface area contributed by atoms with E-state index < -0.39 is 15.4 Å². The Morgan fingerprint density at radius 2 is 1.86 bits per heavy atom. The minimum absolute atomic E-state index is 0.0286. The molecule has 0 saturated carbocycles. The number of sulfone groups is 1. The van der Waals surface area contributed by atoms with E-state index in [1.807, 2.05) is 6.07 Å². The van der Waals surface area contributed by atoms with E-state index in [1.165, 1.54) is 18.2 Å². The molecule has 1 aromatic carbocycles. The highest BCUT2D eigenvalue weighted by molar-refractivity contribution is 7.91. The predicted octanol–water partition coefficient (Wildman–Crippen LogP) is 2.02. The van der Waals surface area contributed by atoms with Gasteiger partial charge in [-0.05, 0) is 30.7 Å². The smallest absolute Gasteiger partial charge is 0.266 e. The van der Waals surface area contributed by atoms with Crippen molar-refractivity contribution in [1.82, 2.24) is 4.98 Å². The molecule has 1 N–H and O–H groups in total. The maximum absolute atomic E-state index is 11.8. The van der Waals surface area contributed by atoms with Crippen molar-refractivity contribution in [3.8, 4) is 17.2 Å². The van der Waals surface area contributed by atoms with Crippen LogP contribution in [-0.2, 0) is 9.84 Å². The Balaban J connectivity index is 2.55. The van der Waals surface area contributed by atoms with Gasteiger partial charge in [-0.3, -0.25) is 4.79 Å². The SMILES string of the molecule is CCS(=O)(=O)c1ccc(-c2cc(C#N)c(=O)[nH]c2C)cc1. The van der Waals surface area contributed by atoms with Crippen LogP contribution in [0.25, 0.3) is 11.1 Å². The lowest BCUT2D eigenvalue weighted by Gasteiger charge is -2.07. The van der Waals surface area contributed by atoms with Gasteiger partial charge >= 0.3 is 0 Å². The van der Waals surface area contributed by atoms with Crippen molar-refractivity contribution in [3.63, 3.8) is 0 Å². The van der Waals surface area contributed by atoms with E-state index >= 15 is 0 Å². The van der Waals surface area contributed by atoms with Gasteiger partial charge in [-0.25, -0.2) is 8.42 Å². The van der Waals surface area contributed by atoms with Crippen molar-refractivity contribution in [2.75, 3.05) is 5.75 Å². The third-order valence-corrected chi connectivity index (χ3v) is 5.01. The maximum Gasteiger partial charge on any atom is 0.266 e. The van der Waals surface area contributed by atoms with E-state index in [4.69, 9.17) is 5.26 Å². The van der Waals surface area contributed by atoms with Gasteiger partial charge in [0.1, 0.15) is 11.6 Å². The second kappa shape index (κ2) is 5.54. The first-order valence-corrected chi connectivity index (χ1v) is 8.01. The van der Waals surface area contributed by atoms with Crippen molar-refractivity contribution in [3.05, 3.63) is 51.9 Å². The van der Waals surface area contributed by atoms with Crippen LogP contribution in [-0.4, -0.2) is 19.2 Å². The van der Waals surface area contributed by atoms with Crippen LogP contribution in [0.2, 0.25) is 0 Å². The van der Waals surface area contributed by atoms with Gasteiger partial charge in [0, 0.05) is 11.3 Å². The lowest BCUT2D eigenvalue weighted by molar-refractivity contribution is 0.597. The summed E-state index contributed by atoms with van der Waals surface area (Å²) in [5.74, 6) is 0.0443. The zero-order valence-corrected chi connectivity index (χ0v) is 12.5. The van der Waals surface area contributed by atoms with Crippen LogP contribution in [0.1, 0.15) is 18.2 Å². The molecule has 21 heavy (non-hydrogen) atoms. The lowest BCUT2D eigenvalue weighted by Crippen LogP contribution is -2.12. The van der Waals surface area contributed by atoms with Gasteiger partial charge in [0.25, 0.3) is 5.56 Å². The van der Waals surface area contributed by atoms with E-state index in [2.05, 4.69) is 4.98 Å². The molecule has 0 saturated heterocycles. The summed E-state index contributed by atoms with van der Waals surface area (Å²) in [6.45, 7) is 3.32. The van der Waals surface area contributed by atoms with Gasteiger partial charge in [-0.2, -0.15) is 5.26 Å². The molecular weight excluding hydrogens is 288 g/mol. The summed E-state index contributed by atoms with van der Waals surface area (Å²) in [7, 11) is -3.24. The van der Waals surface area contributed by atoms with Gasteiger partial charge in [0.15, 0.2) is 9.84 Å². The molecule has 2 rings (SSSR count). The number of aryl methyl sites for hydroxylation is 1. The zero-order chi connectivity index (χ0) is 15.6. The fourth-order valence-electron chi connectivity index (χ4n) is 2.01. The third kappa shape index (κ3) is 2.88. The van der Waals surface area contributed by atoms with E-state index in [1.54, 1.807) is 26.0 Å². The Labute approximate surface area is 122 Å². The highest BCUT2D eigenvalue weighted by Crippen LogP contribution is 2.23. The molecule has 0 amide bonds. The molecular formula is C15H14N2O3S. The monoisotopic (exact) mass is 302 g/mol. The average Bonchev–Trinajstić information content (AvgIpc) is 2.47. The van der Waals surface area contributed by atoms with Gasteiger partial charge in [-0.1, -0.05) is 19.1 Å². The fraction of sp³-hybridized carbons (Fsp3) is 0.200. The highest BCUT2D eigenvalue weighted by atomic mass is 32.2. The Hall–Kier alpha value is -2.39. The van der Waals surface area contributed by atoms with Crippen molar-refractivity contribution in [1.29, 1.82) is 5.26 Å². The molecule has 1 aromatic heterocycles. The van der Waals surface area contributed by atoms with E-state index in [-0.39, 0.29) is 16.2 Å². The van der Waals surface area contributed by atoms with Crippen LogP contribution in [0.5, 0.6) is 0 Å². The van der Waals surface area contributed by atoms with Crippen molar-refractivity contribution < 1.29 is 8.42 Å². The normalized spacial score (nSPS) is 11.1. The minimum Gasteiger partial charge on any atom is -0.325 e. The van der Waals surface area contributed by atoms with Gasteiger partial charge in [0.05, 0.1) is 10.6 Å². The summed E-state index contributed by atoms with van der Waals surface area (Å²) < 4.78 is 23.5. The predicted molar refractivity (Wildman–Crippen MR) is 79.7 cm³/mol. The number of aromatic amines is 1. The molecule has 108 valence electrons. The fourth-order valence-corrected chi connectivity index (χ4v) is 2.90. The Morgan fingerprint density at radius 1 is 1.24 bits per heavy atom. The second-order valence-electron chi connectivity index (χ2n) is 4.59. The summed E-state index contributed by atoms with van der Waals surface area (Å²) in [6.07, 6.45) is 0. The zero-order valence-electron chi connectivity index (χ0n) is 11.7. The Morgan fingerprint density at radius 3 is 2.38 bits per heavy atom. The first-order valence-electron chi connectivity index (χ1n) is 6.36. The van der Waals surface area contributed by atoms with Crippen LogP contribution in [0.4, 0.5) is 0 Å².